The second-order valence-electron chi connectivity index (χ2n) is 4.50. The molecule has 20 heavy (non-hydrogen) atoms. The summed E-state index contributed by atoms with van der Waals surface area (Å²) in [5.74, 6) is 1.89. The molecule has 0 spiro atoms. The van der Waals surface area contributed by atoms with Crippen molar-refractivity contribution in [2.45, 2.75) is 5.88 Å². The van der Waals surface area contributed by atoms with Crippen molar-refractivity contribution in [1.29, 1.82) is 0 Å². The van der Waals surface area contributed by atoms with Gasteiger partial charge in [-0.2, -0.15) is 0 Å². The minimum atomic E-state index is 0.365. The van der Waals surface area contributed by atoms with Crippen LogP contribution in [0.15, 0.2) is 60.7 Å². The third-order valence-electron chi connectivity index (χ3n) is 3.12. The molecule has 0 aliphatic carbocycles. The molecule has 1 nitrogen and oxygen atoms in total. The highest BCUT2D eigenvalue weighted by Gasteiger charge is 2.06. The SMILES string of the molecule is ClCc1cc(Cl)ccc1Oc1ccc2ccccc2c1. The molecule has 0 fully saturated rings. The average molecular weight is 303 g/mol. The molecule has 0 aliphatic heterocycles. The Kier molecular flexibility index (Phi) is 3.81. The quantitative estimate of drug-likeness (QED) is 0.537. The Morgan fingerprint density at radius 1 is 0.850 bits per heavy atom. The molecule has 3 aromatic rings. The van der Waals surface area contributed by atoms with Gasteiger partial charge < -0.3 is 4.74 Å². The van der Waals surface area contributed by atoms with E-state index in [0.717, 1.165) is 22.4 Å². The van der Waals surface area contributed by atoms with Crippen LogP contribution in [0.2, 0.25) is 5.02 Å². The van der Waals surface area contributed by atoms with E-state index in [1.807, 2.05) is 42.5 Å². The summed E-state index contributed by atoms with van der Waals surface area (Å²) >= 11 is 11.9. The molecule has 0 saturated heterocycles. The standard InChI is InChI=1S/C17H12Cl2O/c18-11-14-9-15(19)6-8-17(14)20-16-7-5-12-3-1-2-4-13(12)10-16/h1-10H,11H2. The summed E-state index contributed by atoms with van der Waals surface area (Å²) in [6.45, 7) is 0. The lowest BCUT2D eigenvalue weighted by Crippen LogP contribution is -1.89. The Morgan fingerprint density at radius 2 is 1.65 bits per heavy atom. The molecule has 0 amide bonds. The number of rotatable bonds is 3. The van der Waals surface area contributed by atoms with Gasteiger partial charge in [0.25, 0.3) is 0 Å². The summed E-state index contributed by atoms with van der Waals surface area (Å²) in [5, 5.41) is 2.99. The van der Waals surface area contributed by atoms with Crippen LogP contribution >= 0.6 is 23.2 Å². The fraction of sp³-hybridized carbons (Fsp3) is 0.0588. The fourth-order valence-electron chi connectivity index (χ4n) is 2.11. The number of hydrogen-bond acceptors (Lipinski definition) is 1. The van der Waals surface area contributed by atoms with Gasteiger partial charge >= 0.3 is 0 Å². The van der Waals surface area contributed by atoms with E-state index in [1.165, 1.54) is 5.39 Å². The zero-order valence-electron chi connectivity index (χ0n) is 10.6. The molecule has 0 N–H and O–H groups in total. The second-order valence-corrected chi connectivity index (χ2v) is 5.20. The number of hydrogen-bond donors (Lipinski definition) is 0. The van der Waals surface area contributed by atoms with Crippen molar-refractivity contribution in [3.8, 4) is 11.5 Å². The van der Waals surface area contributed by atoms with Crippen molar-refractivity contribution in [3.63, 3.8) is 0 Å². The molecule has 3 rings (SSSR count). The number of fused-ring (bicyclic) bond motifs is 1. The maximum Gasteiger partial charge on any atom is 0.131 e. The van der Waals surface area contributed by atoms with Crippen molar-refractivity contribution >= 4 is 34.0 Å². The van der Waals surface area contributed by atoms with Gasteiger partial charge in [-0.15, -0.1) is 11.6 Å². The van der Waals surface area contributed by atoms with Crippen LogP contribution in [-0.4, -0.2) is 0 Å². The molecule has 0 radical (unpaired) electrons. The lowest BCUT2D eigenvalue weighted by molar-refractivity contribution is 0.479. The van der Waals surface area contributed by atoms with Gasteiger partial charge in [-0.3, -0.25) is 0 Å². The number of halogens is 2. The van der Waals surface area contributed by atoms with E-state index in [0.29, 0.717) is 10.9 Å². The summed E-state index contributed by atoms with van der Waals surface area (Å²) in [5.41, 5.74) is 0.882. The van der Waals surface area contributed by atoms with Crippen LogP contribution in [-0.2, 0) is 5.88 Å². The summed E-state index contributed by atoms with van der Waals surface area (Å²) in [6.07, 6.45) is 0. The van der Waals surface area contributed by atoms with Gasteiger partial charge in [-0.05, 0) is 41.1 Å². The summed E-state index contributed by atoms with van der Waals surface area (Å²) in [6, 6.07) is 19.6. The van der Waals surface area contributed by atoms with Crippen molar-refractivity contribution < 1.29 is 4.74 Å². The molecule has 0 unspecified atom stereocenters. The molecule has 100 valence electrons. The molecular formula is C17H12Cl2O. The number of benzene rings is 3. The van der Waals surface area contributed by atoms with E-state index in [4.69, 9.17) is 27.9 Å². The van der Waals surface area contributed by atoms with Crippen LogP contribution in [0.4, 0.5) is 0 Å². The fourth-order valence-corrected chi connectivity index (χ4v) is 2.51. The maximum absolute atomic E-state index is 5.96. The smallest absolute Gasteiger partial charge is 0.131 e. The molecule has 3 aromatic carbocycles. The summed E-state index contributed by atoms with van der Waals surface area (Å²) < 4.78 is 5.92. The van der Waals surface area contributed by atoms with E-state index < -0.39 is 0 Å². The van der Waals surface area contributed by atoms with E-state index in [-0.39, 0.29) is 0 Å². The van der Waals surface area contributed by atoms with Crippen LogP contribution in [0.25, 0.3) is 10.8 Å². The first-order valence-electron chi connectivity index (χ1n) is 6.27. The zero-order valence-corrected chi connectivity index (χ0v) is 12.2. The topological polar surface area (TPSA) is 9.23 Å². The maximum atomic E-state index is 5.96. The van der Waals surface area contributed by atoms with Gasteiger partial charge in [0.15, 0.2) is 0 Å². The van der Waals surface area contributed by atoms with E-state index >= 15 is 0 Å². The van der Waals surface area contributed by atoms with Crippen LogP contribution in [0, 0.1) is 0 Å². The number of ether oxygens (including phenoxy) is 1. The van der Waals surface area contributed by atoms with Gasteiger partial charge in [-0.25, -0.2) is 0 Å². The molecular weight excluding hydrogens is 291 g/mol. The van der Waals surface area contributed by atoms with Crippen LogP contribution in [0.1, 0.15) is 5.56 Å². The minimum absolute atomic E-state index is 0.365. The van der Waals surface area contributed by atoms with E-state index in [2.05, 4.69) is 12.1 Å². The Bertz CT molecular complexity index is 753. The molecule has 3 heteroatoms. The molecule has 0 heterocycles. The predicted octanol–water partition coefficient (Wildman–Crippen LogP) is 6.02. The monoisotopic (exact) mass is 302 g/mol. The van der Waals surface area contributed by atoms with E-state index in [1.54, 1.807) is 6.07 Å². The van der Waals surface area contributed by atoms with E-state index in [9.17, 15) is 0 Å². The van der Waals surface area contributed by atoms with Crippen molar-refractivity contribution in [2.24, 2.45) is 0 Å². The van der Waals surface area contributed by atoms with Gasteiger partial charge in [0.1, 0.15) is 11.5 Å². The normalized spacial score (nSPS) is 10.7. The molecule has 0 aromatic heterocycles. The average Bonchev–Trinajstić information content (AvgIpc) is 2.49. The highest BCUT2D eigenvalue weighted by molar-refractivity contribution is 6.30. The first-order valence-corrected chi connectivity index (χ1v) is 7.18. The van der Waals surface area contributed by atoms with Crippen molar-refractivity contribution in [3.05, 3.63) is 71.2 Å². The molecule has 0 bridgehead atoms. The van der Waals surface area contributed by atoms with Gasteiger partial charge in [-0.1, -0.05) is 41.9 Å². The third-order valence-corrected chi connectivity index (χ3v) is 3.64. The Labute approximate surface area is 127 Å². The second kappa shape index (κ2) is 5.74. The van der Waals surface area contributed by atoms with Crippen LogP contribution < -0.4 is 4.74 Å². The van der Waals surface area contributed by atoms with Crippen LogP contribution in [0.3, 0.4) is 0 Å². The predicted molar refractivity (Wildman–Crippen MR) is 85.0 cm³/mol. The highest BCUT2D eigenvalue weighted by atomic mass is 35.5. The summed E-state index contributed by atoms with van der Waals surface area (Å²) in [4.78, 5) is 0. The molecule has 0 saturated carbocycles. The van der Waals surface area contributed by atoms with Crippen molar-refractivity contribution in [2.75, 3.05) is 0 Å². The van der Waals surface area contributed by atoms with Crippen LogP contribution in [0.5, 0.6) is 11.5 Å². The first kappa shape index (κ1) is 13.3. The Balaban J connectivity index is 1.96. The van der Waals surface area contributed by atoms with Crippen molar-refractivity contribution in [1.82, 2.24) is 0 Å². The summed E-state index contributed by atoms with van der Waals surface area (Å²) in [7, 11) is 0. The van der Waals surface area contributed by atoms with Gasteiger partial charge in [0.05, 0.1) is 5.88 Å². The van der Waals surface area contributed by atoms with Gasteiger partial charge in [0, 0.05) is 10.6 Å². The lowest BCUT2D eigenvalue weighted by atomic mass is 10.1. The first-order chi connectivity index (χ1) is 9.76. The molecule has 0 aliphatic rings. The Hall–Kier alpha value is -1.70. The highest BCUT2D eigenvalue weighted by Crippen LogP contribution is 2.30. The third kappa shape index (κ3) is 2.74. The lowest BCUT2D eigenvalue weighted by Gasteiger charge is -2.10. The minimum Gasteiger partial charge on any atom is -0.457 e. The largest absolute Gasteiger partial charge is 0.457 e. The zero-order chi connectivity index (χ0) is 13.9. The van der Waals surface area contributed by atoms with Gasteiger partial charge in [0.2, 0.25) is 0 Å². The Morgan fingerprint density at radius 3 is 2.45 bits per heavy atom. The number of alkyl halides is 1. The molecule has 0 atom stereocenters.